The van der Waals surface area contributed by atoms with E-state index >= 15 is 0 Å². The van der Waals surface area contributed by atoms with Gasteiger partial charge in [0, 0.05) is 0 Å². The minimum absolute atomic E-state index is 0.0623. The van der Waals surface area contributed by atoms with Crippen molar-refractivity contribution in [3.05, 3.63) is 59.7 Å². The maximum atomic E-state index is 8.93. The number of anilines is 1. The van der Waals surface area contributed by atoms with E-state index in [9.17, 15) is 0 Å². The highest BCUT2D eigenvalue weighted by Gasteiger charge is 1.99. The number of hydrogen-bond acceptors (Lipinski definition) is 3. The van der Waals surface area contributed by atoms with Gasteiger partial charge in [-0.25, -0.2) is 0 Å². The van der Waals surface area contributed by atoms with Crippen LogP contribution in [0.15, 0.2) is 48.5 Å². The molecule has 0 aromatic heterocycles. The van der Waals surface area contributed by atoms with Crippen molar-refractivity contribution < 1.29 is 9.84 Å². The van der Waals surface area contributed by atoms with Gasteiger partial charge in [-0.15, -0.1) is 0 Å². The van der Waals surface area contributed by atoms with Gasteiger partial charge in [-0.2, -0.15) is 0 Å². The van der Waals surface area contributed by atoms with E-state index in [0.29, 0.717) is 18.0 Å². The molecule has 2 aromatic rings. The minimum Gasteiger partial charge on any atom is -0.487 e. The first-order chi connectivity index (χ1) is 8.29. The predicted molar refractivity (Wildman–Crippen MR) is 67.6 cm³/mol. The Morgan fingerprint density at radius 3 is 2.24 bits per heavy atom. The number of ether oxygens (including phenoxy) is 1. The van der Waals surface area contributed by atoms with Gasteiger partial charge in [-0.3, -0.25) is 0 Å². The topological polar surface area (TPSA) is 55.5 Å². The van der Waals surface area contributed by atoms with Crippen LogP contribution >= 0.6 is 0 Å². The molecule has 0 bridgehead atoms. The van der Waals surface area contributed by atoms with Gasteiger partial charge in [0.15, 0.2) is 0 Å². The fraction of sp³-hybridized carbons (Fsp3) is 0.143. The zero-order valence-electron chi connectivity index (χ0n) is 9.47. The lowest BCUT2D eigenvalue weighted by Gasteiger charge is -2.08. The zero-order chi connectivity index (χ0) is 12.1. The number of benzene rings is 2. The number of rotatable bonds is 4. The van der Waals surface area contributed by atoms with E-state index in [1.807, 2.05) is 48.5 Å². The highest BCUT2D eigenvalue weighted by atomic mass is 16.5. The van der Waals surface area contributed by atoms with E-state index in [1.54, 1.807) is 0 Å². The highest BCUT2D eigenvalue weighted by molar-refractivity contribution is 5.51. The van der Waals surface area contributed by atoms with E-state index in [4.69, 9.17) is 15.6 Å². The summed E-state index contributed by atoms with van der Waals surface area (Å²) in [7, 11) is 0. The van der Waals surface area contributed by atoms with Crippen molar-refractivity contribution >= 4 is 5.69 Å². The second kappa shape index (κ2) is 5.37. The third-order valence-electron chi connectivity index (χ3n) is 2.52. The first-order valence-corrected chi connectivity index (χ1v) is 5.45. The number of para-hydroxylation sites is 2. The van der Waals surface area contributed by atoms with Gasteiger partial charge >= 0.3 is 0 Å². The lowest BCUT2D eigenvalue weighted by molar-refractivity contribution is 0.281. The van der Waals surface area contributed by atoms with Crippen LogP contribution in [0.2, 0.25) is 0 Å². The molecular formula is C14H15NO2. The van der Waals surface area contributed by atoms with Crippen LogP contribution in [-0.2, 0) is 13.2 Å². The smallest absolute Gasteiger partial charge is 0.142 e. The molecule has 3 nitrogen and oxygen atoms in total. The molecule has 0 heterocycles. The van der Waals surface area contributed by atoms with Crippen molar-refractivity contribution in [3.63, 3.8) is 0 Å². The largest absolute Gasteiger partial charge is 0.487 e. The molecule has 0 saturated carbocycles. The Morgan fingerprint density at radius 1 is 0.941 bits per heavy atom. The number of nitrogen functional groups attached to an aromatic ring is 1. The average molecular weight is 229 g/mol. The fourth-order valence-electron chi connectivity index (χ4n) is 1.51. The van der Waals surface area contributed by atoms with E-state index in [1.165, 1.54) is 0 Å². The Balaban J connectivity index is 2.00. The van der Waals surface area contributed by atoms with E-state index in [2.05, 4.69) is 0 Å². The summed E-state index contributed by atoms with van der Waals surface area (Å²) in [5.41, 5.74) is 8.35. The quantitative estimate of drug-likeness (QED) is 0.791. The van der Waals surface area contributed by atoms with Crippen molar-refractivity contribution in [2.75, 3.05) is 5.73 Å². The molecule has 0 amide bonds. The second-order valence-electron chi connectivity index (χ2n) is 3.80. The third-order valence-corrected chi connectivity index (χ3v) is 2.52. The number of hydrogen-bond donors (Lipinski definition) is 2. The normalized spacial score (nSPS) is 10.2. The molecule has 0 fully saturated rings. The lowest BCUT2D eigenvalue weighted by Crippen LogP contribution is -1.98. The van der Waals surface area contributed by atoms with Crippen molar-refractivity contribution in [2.24, 2.45) is 0 Å². The van der Waals surface area contributed by atoms with Gasteiger partial charge < -0.3 is 15.6 Å². The Labute approximate surface area is 100 Å². The van der Waals surface area contributed by atoms with E-state index in [-0.39, 0.29) is 6.61 Å². The summed E-state index contributed by atoms with van der Waals surface area (Å²) >= 11 is 0. The standard InChI is InChI=1S/C14H15NO2/c15-13-3-1-2-4-14(13)17-10-12-7-5-11(9-16)6-8-12/h1-8,16H,9-10,15H2. The molecule has 2 aromatic carbocycles. The molecule has 0 spiro atoms. The van der Waals surface area contributed by atoms with Crippen LogP contribution in [0.4, 0.5) is 5.69 Å². The van der Waals surface area contributed by atoms with Gasteiger partial charge in [0.05, 0.1) is 12.3 Å². The molecule has 0 atom stereocenters. The molecular weight excluding hydrogens is 214 g/mol. The molecule has 0 aliphatic rings. The monoisotopic (exact) mass is 229 g/mol. The summed E-state index contributed by atoms with van der Waals surface area (Å²) in [6, 6.07) is 15.1. The number of aliphatic hydroxyl groups is 1. The first-order valence-electron chi connectivity index (χ1n) is 5.45. The molecule has 0 aliphatic carbocycles. The molecule has 2 rings (SSSR count). The van der Waals surface area contributed by atoms with Gasteiger partial charge in [-0.05, 0) is 23.3 Å². The van der Waals surface area contributed by atoms with Crippen LogP contribution in [0.3, 0.4) is 0 Å². The maximum Gasteiger partial charge on any atom is 0.142 e. The van der Waals surface area contributed by atoms with Crippen LogP contribution in [0.5, 0.6) is 5.75 Å². The average Bonchev–Trinajstić information content (AvgIpc) is 2.38. The summed E-state index contributed by atoms with van der Waals surface area (Å²) in [5, 5.41) is 8.93. The van der Waals surface area contributed by atoms with Crippen LogP contribution in [0, 0.1) is 0 Å². The summed E-state index contributed by atoms with van der Waals surface area (Å²) < 4.78 is 5.61. The Hall–Kier alpha value is -2.00. The molecule has 0 unspecified atom stereocenters. The van der Waals surface area contributed by atoms with E-state index in [0.717, 1.165) is 11.1 Å². The van der Waals surface area contributed by atoms with Crippen molar-refractivity contribution in [3.8, 4) is 5.75 Å². The van der Waals surface area contributed by atoms with Crippen molar-refractivity contribution in [1.82, 2.24) is 0 Å². The molecule has 17 heavy (non-hydrogen) atoms. The minimum atomic E-state index is 0.0623. The maximum absolute atomic E-state index is 8.93. The van der Waals surface area contributed by atoms with Crippen LogP contribution in [0.25, 0.3) is 0 Å². The van der Waals surface area contributed by atoms with Crippen LogP contribution < -0.4 is 10.5 Å². The molecule has 3 N–H and O–H groups in total. The predicted octanol–water partition coefficient (Wildman–Crippen LogP) is 2.34. The van der Waals surface area contributed by atoms with Crippen molar-refractivity contribution in [2.45, 2.75) is 13.2 Å². The Kier molecular flexibility index (Phi) is 3.62. The summed E-state index contributed by atoms with van der Waals surface area (Å²) in [4.78, 5) is 0. The molecule has 88 valence electrons. The molecule has 0 radical (unpaired) electrons. The van der Waals surface area contributed by atoms with Gasteiger partial charge in [-0.1, -0.05) is 36.4 Å². The van der Waals surface area contributed by atoms with Crippen molar-refractivity contribution in [1.29, 1.82) is 0 Å². The number of aliphatic hydroxyl groups excluding tert-OH is 1. The summed E-state index contributed by atoms with van der Waals surface area (Å²) in [6.07, 6.45) is 0. The summed E-state index contributed by atoms with van der Waals surface area (Å²) in [5.74, 6) is 0.693. The Bertz CT molecular complexity index is 480. The second-order valence-corrected chi connectivity index (χ2v) is 3.80. The number of nitrogens with two attached hydrogens (primary N) is 1. The summed E-state index contributed by atoms with van der Waals surface area (Å²) in [6.45, 7) is 0.534. The lowest BCUT2D eigenvalue weighted by atomic mass is 10.1. The first kappa shape index (κ1) is 11.5. The molecule has 0 aliphatic heterocycles. The van der Waals surface area contributed by atoms with Gasteiger partial charge in [0.1, 0.15) is 12.4 Å². The Morgan fingerprint density at radius 2 is 1.59 bits per heavy atom. The third kappa shape index (κ3) is 2.98. The molecule has 3 heteroatoms. The van der Waals surface area contributed by atoms with Crippen LogP contribution in [0.1, 0.15) is 11.1 Å². The van der Waals surface area contributed by atoms with Gasteiger partial charge in [0.2, 0.25) is 0 Å². The van der Waals surface area contributed by atoms with Crippen LogP contribution in [-0.4, -0.2) is 5.11 Å². The van der Waals surface area contributed by atoms with E-state index < -0.39 is 0 Å². The van der Waals surface area contributed by atoms with Gasteiger partial charge in [0.25, 0.3) is 0 Å². The highest BCUT2D eigenvalue weighted by Crippen LogP contribution is 2.21. The zero-order valence-corrected chi connectivity index (χ0v) is 9.47. The fourth-order valence-corrected chi connectivity index (χ4v) is 1.51. The molecule has 0 saturated heterocycles. The SMILES string of the molecule is Nc1ccccc1OCc1ccc(CO)cc1.